The minimum atomic E-state index is -0.297. The Hall–Kier alpha value is -2.27. The smallest absolute Gasteiger partial charge is 0.375 e. The van der Waals surface area contributed by atoms with Crippen molar-refractivity contribution in [2.45, 2.75) is 19.4 Å². The summed E-state index contributed by atoms with van der Waals surface area (Å²) in [6, 6.07) is 11.0. The molecule has 1 heterocycles. The molecule has 0 aliphatic rings. The lowest BCUT2D eigenvalue weighted by molar-refractivity contribution is -0.711. The first-order chi connectivity index (χ1) is 11.2. The summed E-state index contributed by atoms with van der Waals surface area (Å²) in [6.45, 7) is 1.95. The van der Waals surface area contributed by atoms with Crippen molar-refractivity contribution in [1.82, 2.24) is 0 Å². The Morgan fingerprint density at radius 1 is 1.04 bits per heavy atom. The zero-order valence-corrected chi connectivity index (χ0v) is 15.3. The number of nitrogens with zero attached hydrogens (tertiary/aromatic N) is 1. The van der Waals surface area contributed by atoms with Crippen LogP contribution >= 0.6 is 0 Å². The highest BCUT2D eigenvalue weighted by molar-refractivity contribution is 5.76. The van der Waals surface area contributed by atoms with Crippen molar-refractivity contribution in [3.05, 3.63) is 65.5 Å². The number of rotatable bonds is 6. The number of benzene rings is 1. The van der Waals surface area contributed by atoms with E-state index in [4.69, 9.17) is 4.74 Å². The van der Waals surface area contributed by atoms with Crippen LogP contribution in [0.15, 0.2) is 48.8 Å². The largest absolute Gasteiger partial charge is 1.00 e. The van der Waals surface area contributed by atoms with Gasteiger partial charge in [0.25, 0.3) is 6.04 Å². The molecule has 2 rings (SSSR count). The zero-order valence-electron chi connectivity index (χ0n) is 13.7. The predicted octanol–water partition coefficient (Wildman–Crippen LogP) is 0.0851. The lowest BCUT2D eigenvalue weighted by Gasteiger charge is -2.07. The molecule has 5 heteroatoms. The summed E-state index contributed by atoms with van der Waals surface area (Å²) in [5.74, 6) is -0.240. The standard InChI is InChI=1S/C19H20NO3.BrH/c1-3-18(19(22)23-2)20-12-10-16(11-13-20)5-4-15-6-8-17(14-21)9-7-15;/h4-14,18H,3H2,1-2H3;1H/q+1;/p-1/b5-4+;. The van der Waals surface area contributed by atoms with Gasteiger partial charge in [0.1, 0.15) is 6.29 Å². The van der Waals surface area contributed by atoms with E-state index in [1.165, 1.54) is 7.11 Å². The van der Waals surface area contributed by atoms with Crippen LogP contribution in [0.5, 0.6) is 0 Å². The number of esters is 1. The molecule has 0 saturated heterocycles. The number of hydrogen-bond acceptors (Lipinski definition) is 3. The molecular formula is C19H20BrNO3. The predicted molar refractivity (Wildman–Crippen MR) is 88.7 cm³/mol. The summed E-state index contributed by atoms with van der Waals surface area (Å²) in [7, 11) is 1.40. The first-order valence-corrected chi connectivity index (χ1v) is 7.50. The summed E-state index contributed by atoms with van der Waals surface area (Å²) in [4.78, 5) is 22.3. The van der Waals surface area contributed by atoms with Gasteiger partial charge in [0.2, 0.25) is 0 Å². The second kappa shape index (κ2) is 9.78. The molecule has 1 unspecified atom stereocenters. The molecule has 0 aliphatic heterocycles. The van der Waals surface area contributed by atoms with Gasteiger partial charge in [0, 0.05) is 24.1 Å². The quantitative estimate of drug-likeness (QED) is 0.399. The number of carbonyl (C=O) groups is 2. The molecule has 2 aromatic rings. The number of pyridine rings is 1. The third-order valence-corrected chi connectivity index (χ3v) is 3.64. The first-order valence-electron chi connectivity index (χ1n) is 7.50. The molecule has 0 amide bonds. The van der Waals surface area contributed by atoms with Gasteiger partial charge in [-0.3, -0.25) is 4.79 Å². The third kappa shape index (κ3) is 5.13. The maximum Gasteiger partial charge on any atom is 0.375 e. The molecule has 1 atom stereocenters. The summed E-state index contributed by atoms with van der Waals surface area (Å²) in [5.41, 5.74) is 2.71. The van der Waals surface area contributed by atoms with Gasteiger partial charge in [-0.2, -0.15) is 4.57 Å². The van der Waals surface area contributed by atoms with Gasteiger partial charge in [-0.1, -0.05) is 43.3 Å². The Labute approximate surface area is 152 Å². The maximum atomic E-state index is 11.7. The average Bonchev–Trinajstić information content (AvgIpc) is 2.61. The molecule has 0 bridgehead atoms. The Kier molecular flexibility index (Phi) is 8.06. The van der Waals surface area contributed by atoms with Crippen molar-refractivity contribution in [3.8, 4) is 0 Å². The SMILES string of the molecule is CCC(C(=O)OC)[n+]1ccc(/C=C/c2ccc(C=O)cc2)cc1.[Br-]. The molecule has 1 aromatic carbocycles. The molecule has 4 nitrogen and oxygen atoms in total. The van der Waals surface area contributed by atoms with Gasteiger partial charge in [-0.05, 0) is 11.1 Å². The Morgan fingerprint density at radius 3 is 2.00 bits per heavy atom. The van der Waals surface area contributed by atoms with Crippen LogP contribution < -0.4 is 21.5 Å². The van der Waals surface area contributed by atoms with E-state index in [0.717, 1.165) is 17.4 Å². The number of halogens is 1. The lowest BCUT2D eigenvalue weighted by atomic mass is 10.1. The van der Waals surface area contributed by atoms with Gasteiger partial charge >= 0.3 is 5.97 Å². The van der Waals surface area contributed by atoms with Gasteiger partial charge < -0.3 is 21.7 Å². The van der Waals surface area contributed by atoms with E-state index in [0.29, 0.717) is 12.0 Å². The van der Waals surface area contributed by atoms with Gasteiger partial charge in [-0.15, -0.1) is 0 Å². The van der Waals surface area contributed by atoms with Crippen LogP contribution in [0.3, 0.4) is 0 Å². The highest BCUT2D eigenvalue weighted by Gasteiger charge is 2.25. The van der Waals surface area contributed by atoms with Crippen molar-refractivity contribution in [1.29, 1.82) is 0 Å². The van der Waals surface area contributed by atoms with E-state index in [9.17, 15) is 9.59 Å². The van der Waals surface area contributed by atoms with Crippen LogP contribution in [0.1, 0.15) is 40.9 Å². The van der Waals surface area contributed by atoms with Crippen LogP contribution in [0, 0.1) is 0 Å². The fourth-order valence-electron chi connectivity index (χ4n) is 2.28. The van der Waals surface area contributed by atoms with Crippen molar-refractivity contribution in [3.63, 3.8) is 0 Å². The summed E-state index contributed by atoms with van der Waals surface area (Å²) in [6.07, 6.45) is 9.22. The molecule has 24 heavy (non-hydrogen) atoms. The Morgan fingerprint density at radius 2 is 1.54 bits per heavy atom. The molecule has 1 aromatic heterocycles. The third-order valence-electron chi connectivity index (χ3n) is 3.64. The fourth-order valence-corrected chi connectivity index (χ4v) is 2.28. The number of carbonyl (C=O) groups excluding carboxylic acids is 2. The summed E-state index contributed by atoms with van der Waals surface area (Å²) >= 11 is 0. The second-order valence-electron chi connectivity index (χ2n) is 5.14. The molecule has 126 valence electrons. The number of methoxy groups -OCH3 is 1. The molecular weight excluding hydrogens is 370 g/mol. The number of aldehydes is 1. The highest BCUT2D eigenvalue weighted by atomic mass is 79.9. The minimum absolute atomic E-state index is 0. The topological polar surface area (TPSA) is 47.2 Å². The maximum absolute atomic E-state index is 11.7. The molecule has 0 spiro atoms. The average molecular weight is 390 g/mol. The normalized spacial score (nSPS) is 11.6. The van der Waals surface area contributed by atoms with Gasteiger partial charge in [-0.25, -0.2) is 4.79 Å². The van der Waals surface area contributed by atoms with Crippen LogP contribution in [-0.4, -0.2) is 19.4 Å². The van der Waals surface area contributed by atoms with Gasteiger partial charge in [0.15, 0.2) is 12.4 Å². The number of hydrogen-bond donors (Lipinski definition) is 0. The summed E-state index contributed by atoms with van der Waals surface area (Å²) < 4.78 is 6.66. The molecule has 0 saturated carbocycles. The molecule has 0 radical (unpaired) electrons. The lowest BCUT2D eigenvalue weighted by Crippen LogP contribution is -3.00. The fraction of sp³-hybridized carbons (Fsp3) is 0.211. The van der Waals surface area contributed by atoms with Crippen LogP contribution in [0.4, 0.5) is 0 Å². The van der Waals surface area contributed by atoms with E-state index in [2.05, 4.69) is 0 Å². The summed E-state index contributed by atoms with van der Waals surface area (Å²) in [5, 5.41) is 0. The van der Waals surface area contributed by atoms with Gasteiger partial charge in [0.05, 0.1) is 7.11 Å². The number of ether oxygens (including phenoxy) is 1. The van der Waals surface area contributed by atoms with Crippen molar-refractivity contribution < 1.29 is 35.9 Å². The molecule has 0 aliphatic carbocycles. The van der Waals surface area contributed by atoms with E-state index in [-0.39, 0.29) is 29.0 Å². The molecule has 0 N–H and O–H groups in total. The Balaban J connectivity index is 0.00000288. The van der Waals surface area contributed by atoms with Crippen molar-refractivity contribution in [2.75, 3.05) is 7.11 Å². The van der Waals surface area contributed by atoms with Crippen LogP contribution in [-0.2, 0) is 9.53 Å². The molecule has 0 fully saturated rings. The van der Waals surface area contributed by atoms with E-state index < -0.39 is 0 Å². The first kappa shape index (κ1) is 19.8. The Bertz CT molecular complexity index is 694. The van der Waals surface area contributed by atoms with Crippen LogP contribution in [0.25, 0.3) is 12.2 Å². The highest BCUT2D eigenvalue weighted by Crippen LogP contribution is 2.10. The number of aromatic nitrogens is 1. The van der Waals surface area contributed by atoms with Crippen molar-refractivity contribution in [2.24, 2.45) is 0 Å². The van der Waals surface area contributed by atoms with E-state index in [1.54, 1.807) is 12.1 Å². The monoisotopic (exact) mass is 389 g/mol. The van der Waals surface area contributed by atoms with Crippen molar-refractivity contribution >= 4 is 24.4 Å². The zero-order chi connectivity index (χ0) is 16.7. The van der Waals surface area contributed by atoms with E-state index in [1.807, 2.05) is 60.3 Å². The van der Waals surface area contributed by atoms with E-state index >= 15 is 0 Å². The van der Waals surface area contributed by atoms with Crippen LogP contribution in [0.2, 0.25) is 0 Å². The minimum Gasteiger partial charge on any atom is -1.00 e. The second-order valence-corrected chi connectivity index (χ2v) is 5.14.